The molecular weight excluding hydrogens is 274 g/mol. The fourth-order valence-electron chi connectivity index (χ4n) is 2.59. The van der Waals surface area contributed by atoms with Crippen LogP contribution in [0.2, 0.25) is 0 Å². The van der Waals surface area contributed by atoms with Gasteiger partial charge in [-0.05, 0) is 44.4 Å². The van der Waals surface area contributed by atoms with E-state index in [1.807, 2.05) is 12.1 Å². The van der Waals surface area contributed by atoms with Gasteiger partial charge in [-0.25, -0.2) is 12.7 Å². The van der Waals surface area contributed by atoms with E-state index in [4.69, 9.17) is 0 Å². The molecule has 1 aromatic heterocycles. The molecule has 1 saturated heterocycles. The fraction of sp³-hybridized carbons (Fsp3) is 0.643. The van der Waals surface area contributed by atoms with Crippen LogP contribution in [0.4, 0.5) is 0 Å². The van der Waals surface area contributed by atoms with E-state index in [-0.39, 0.29) is 11.8 Å². The second-order valence-electron chi connectivity index (χ2n) is 5.24. The Kier molecular flexibility index (Phi) is 5.12. The molecule has 112 valence electrons. The first-order valence-electron chi connectivity index (χ1n) is 7.16. The highest BCUT2D eigenvalue weighted by atomic mass is 32.2. The first-order chi connectivity index (χ1) is 9.53. The maximum absolute atomic E-state index is 11.8. The molecule has 0 aliphatic carbocycles. The highest BCUT2D eigenvalue weighted by Gasteiger charge is 2.27. The van der Waals surface area contributed by atoms with Crippen molar-refractivity contribution in [2.45, 2.75) is 38.8 Å². The molecule has 20 heavy (non-hydrogen) atoms. The minimum Gasteiger partial charge on any atom is -0.307 e. The summed E-state index contributed by atoms with van der Waals surface area (Å²) >= 11 is 0. The molecule has 1 fully saturated rings. The van der Waals surface area contributed by atoms with Crippen LogP contribution in [-0.2, 0) is 10.0 Å². The summed E-state index contributed by atoms with van der Waals surface area (Å²) in [6, 6.07) is 4.65. The average molecular weight is 297 g/mol. The van der Waals surface area contributed by atoms with E-state index in [1.165, 1.54) is 5.56 Å². The molecule has 1 aliphatic heterocycles. The van der Waals surface area contributed by atoms with E-state index in [1.54, 1.807) is 23.6 Å². The van der Waals surface area contributed by atoms with Crippen molar-refractivity contribution in [3.63, 3.8) is 0 Å². The average Bonchev–Trinajstić information content (AvgIpc) is 2.48. The van der Waals surface area contributed by atoms with Crippen molar-refractivity contribution >= 4 is 10.0 Å². The third kappa shape index (κ3) is 3.77. The van der Waals surface area contributed by atoms with E-state index in [9.17, 15) is 8.42 Å². The van der Waals surface area contributed by atoms with Crippen LogP contribution >= 0.6 is 0 Å². The van der Waals surface area contributed by atoms with Gasteiger partial charge >= 0.3 is 0 Å². The maximum atomic E-state index is 11.8. The molecule has 0 radical (unpaired) electrons. The summed E-state index contributed by atoms with van der Waals surface area (Å²) in [7, 11) is -3.03. The Balaban J connectivity index is 1.86. The lowest BCUT2D eigenvalue weighted by Crippen LogP contribution is -2.45. The molecule has 1 unspecified atom stereocenters. The summed E-state index contributed by atoms with van der Waals surface area (Å²) in [6.45, 7) is 5.07. The number of sulfonamides is 1. The first kappa shape index (κ1) is 15.4. The first-order valence-corrected chi connectivity index (χ1v) is 8.77. The van der Waals surface area contributed by atoms with Crippen molar-refractivity contribution in [2.24, 2.45) is 0 Å². The van der Waals surface area contributed by atoms with E-state index < -0.39 is 10.0 Å². The van der Waals surface area contributed by atoms with Gasteiger partial charge in [0.15, 0.2) is 0 Å². The van der Waals surface area contributed by atoms with Gasteiger partial charge in [0.25, 0.3) is 0 Å². The number of nitrogens with one attached hydrogen (secondary N) is 1. The molecule has 0 saturated carbocycles. The SMILES string of the molecule is CCS(=O)(=O)N1CCC(NC(C)c2ccncc2)CC1. The molecule has 1 N–H and O–H groups in total. The summed E-state index contributed by atoms with van der Waals surface area (Å²) in [5.41, 5.74) is 1.21. The number of hydrogen-bond acceptors (Lipinski definition) is 4. The van der Waals surface area contributed by atoms with Gasteiger partial charge in [0.2, 0.25) is 10.0 Å². The Morgan fingerprint density at radius 2 is 1.95 bits per heavy atom. The van der Waals surface area contributed by atoms with Gasteiger partial charge in [-0.2, -0.15) is 0 Å². The number of pyridine rings is 1. The van der Waals surface area contributed by atoms with Crippen LogP contribution in [0.3, 0.4) is 0 Å². The second kappa shape index (κ2) is 6.65. The molecule has 1 aromatic rings. The van der Waals surface area contributed by atoms with Crippen molar-refractivity contribution in [1.29, 1.82) is 0 Å². The third-order valence-corrected chi connectivity index (χ3v) is 5.79. The fourth-order valence-corrected chi connectivity index (χ4v) is 3.72. The predicted octanol–water partition coefficient (Wildman–Crippen LogP) is 1.55. The number of piperidine rings is 1. The predicted molar refractivity (Wildman–Crippen MR) is 79.8 cm³/mol. The van der Waals surface area contributed by atoms with Crippen molar-refractivity contribution in [1.82, 2.24) is 14.6 Å². The number of nitrogens with zero attached hydrogens (tertiary/aromatic N) is 2. The summed E-state index contributed by atoms with van der Waals surface area (Å²) in [5.74, 6) is 0.193. The van der Waals surface area contributed by atoms with Gasteiger partial charge in [-0.15, -0.1) is 0 Å². The molecule has 0 amide bonds. The standard InChI is InChI=1S/C14H23N3O2S/c1-3-20(18,19)17-10-6-14(7-11-17)16-12(2)13-4-8-15-9-5-13/h4-5,8-9,12,14,16H,3,6-7,10-11H2,1-2H3. The molecule has 1 aliphatic rings. The van der Waals surface area contributed by atoms with Crippen molar-refractivity contribution < 1.29 is 8.42 Å². The van der Waals surface area contributed by atoms with Crippen LogP contribution < -0.4 is 5.32 Å². The molecule has 5 nitrogen and oxygen atoms in total. The van der Waals surface area contributed by atoms with Crippen LogP contribution in [-0.4, -0.2) is 42.6 Å². The molecule has 0 aromatic carbocycles. The van der Waals surface area contributed by atoms with E-state index in [0.29, 0.717) is 19.1 Å². The normalized spacial score (nSPS) is 19.9. The monoisotopic (exact) mass is 297 g/mol. The van der Waals surface area contributed by atoms with E-state index >= 15 is 0 Å². The van der Waals surface area contributed by atoms with Gasteiger partial charge < -0.3 is 5.32 Å². The Morgan fingerprint density at radius 3 is 2.50 bits per heavy atom. The lowest BCUT2D eigenvalue weighted by molar-refractivity contribution is 0.277. The van der Waals surface area contributed by atoms with Crippen LogP contribution in [0.15, 0.2) is 24.5 Å². The molecule has 1 atom stereocenters. The van der Waals surface area contributed by atoms with Gasteiger partial charge in [-0.1, -0.05) is 0 Å². The molecule has 0 bridgehead atoms. The summed E-state index contributed by atoms with van der Waals surface area (Å²) in [5, 5.41) is 3.58. The Hall–Kier alpha value is -0.980. The lowest BCUT2D eigenvalue weighted by Gasteiger charge is -2.33. The van der Waals surface area contributed by atoms with Crippen molar-refractivity contribution in [2.75, 3.05) is 18.8 Å². The van der Waals surface area contributed by atoms with Gasteiger partial charge in [0, 0.05) is 37.6 Å². The van der Waals surface area contributed by atoms with Crippen molar-refractivity contribution in [3.05, 3.63) is 30.1 Å². The lowest BCUT2D eigenvalue weighted by atomic mass is 10.0. The minimum atomic E-state index is -3.03. The summed E-state index contributed by atoms with van der Waals surface area (Å²) in [4.78, 5) is 4.02. The topological polar surface area (TPSA) is 62.3 Å². The van der Waals surface area contributed by atoms with Gasteiger partial charge in [0.1, 0.15) is 0 Å². The smallest absolute Gasteiger partial charge is 0.213 e. The quantitative estimate of drug-likeness (QED) is 0.895. The van der Waals surface area contributed by atoms with Crippen molar-refractivity contribution in [3.8, 4) is 0 Å². The summed E-state index contributed by atoms with van der Waals surface area (Å²) in [6.07, 6.45) is 5.33. The van der Waals surface area contributed by atoms with Crippen LogP contribution in [0.5, 0.6) is 0 Å². The van der Waals surface area contributed by atoms with Gasteiger partial charge in [0.05, 0.1) is 5.75 Å². The number of aromatic nitrogens is 1. The highest BCUT2D eigenvalue weighted by molar-refractivity contribution is 7.89. The highest BCUT2D eigenvalue weighted by Crippen LogP contribution is 2.18. The van der Waals surface area contributed by atoms with Crippen LogP contribution in [0.25, 0.3) is 0 Å². The Bertz CT molecular complexity index is 510. The third-order valence-electron chi connectivity index (χ3n) is 3.90. The van der Waals surface area contributed by atoms with Gasteiger partial charge in [-0.3, -0.25) is 4.98 Å². The Labute approximate surface area is 121 Å². The maximum Gasteiger partial charge on any atom is 0.213 e. The van der Waals surface area contributed by atoms with E-state index in [2.05, 4.69) is 17.2 Å². The molecular formula is C14H23N3O2S. The second-order valence-corrected chi connectivity index (χ2v) is 7.50. The molecule has 0 spiro atoms. The number of hydrogen-bond donors (Lipinski definition) is 1. The number of rotatable bonds is 5. The molecule has 6 heteroatoms. The van der Waals surface area contributed by atoms with Crippen LogP contribution in [0, 0.1) is 0 Å². The minimum absolute atomic E-state index is 0.193. The zero-order chi connectivity index (χ0) is 14.6. The largest absolute Gasteiger partial charge is 0.307 e. The zero-order valence-corrected chi connectivity index (χ0v) is 12.9. The Morgan fingerprint density at radius 1 is 1.35 bits per heavy atom. The molecule has 2 rings (SSSR count). The van der Waals surface area contributed by atoms with Crippen LogP contribution in [0.1, 0.15) is 38.3 Å². The zero-order valence-electron chi connectivity index (χ0n) is 12.1. The van der Waals surface area contributed by atoms with E-state index in [0.717, 1.165) is 12.8 Å². The molecule has 2 heterocycles. The summed E-state index contributed by atoms with van der Waals surface area (Å²) < 4.78 is 25.2.